The number of urea groups is 1. The molecule has 0 aromatic carbocycles. The van der Waals surface area contributed by atoms with Gasteiger partial charge >= 0.3 is 6.03 Å². The Hall–Kier alpha value is -2.31. The Morgan fingerprint density at radius 3 is 2.83 bits per heavy atom. The van der Waals surface area contributed by atoms with Gasteiger partial charge in [0.15, 0.2) is 0 Å². The van der Waals surface area contributed by atoms with E-state index in [-0.39, 0.29) is 11.9 Å². The zero-order valence-electron chi connectivity index (χ0n) is 13.5. The number of ether oxygens (including phenoxy) is 1. The monoisotopic (exact) mass is 320 g/mol. The molecule has 7 nitrogen and oxygen atoms in total. The summed E-state index contributed by atoms with van der Waals surface area (Å²) in [5, 5.41) is 5.45. The first-order valence-electron chi connectivity index (χ1n) is 8.07. The quantitative estimate of drug-likeness (QED) is 0.793. The van der Waals surface area contributed by atoms with Gasteiger partial charge in [0.05, 0.1) is 6.61 Å². The molecule has 1 aliphatic heterocycles. The molecule has 1 saturated heterocycles. The van der Waals surface area contributed by atoms with Gasteiger partial charge in [-0.1, -0.05) is 6.07 Å². The summed E-state index contributed by atoms with van der Waals surface area (Å²) in [4.78, 5) is 29.6. The van der Waals surface area contributed by atoms with Gasteiger partial charge in [0, 0.05) is 44.4 Å². The van der Waals surface area contributed by atoms with Crippen LogP contribution in [0.25, 0.3) is 0 Å². The average molecular weight is 320 g/mol. The summed E-state index contributed by atoms with van der Waals surface area (Å²) in [7, 11) is 0. The van der Waals surface area contributed by atoms with Crippen molar-refractivity contribution in [3.63, 3.8) is 0 Å². The van der Waals surface area contributed by atoms with E-state index in [1.165, 1.54) is 0 Å². The molecule has 23 heavy (non-hydrogen) atoms. The van der Waals surface area contributed by atoms with Crippen LogP contribution in [0, 0.1) is 0 Å². The number of carbonyl (C=O) groups excluding carboxylic acids is 2. The highest BCUT2D eigenvalue weighted by molar-refractivity contribution is 5.78. The van der Waals surface area contributed by atoms with Crippen LogP contribution in [0.4, 0.5) is 4.79 Å². The third-order valence-electron chi connectivity index (χ3n) is 3.65. The van der Waals surface area contributed by atoms with Crippen molar-refractivity contribution >= 4 is 11.9 Å². The Bertz CT molecular complexity index is 530. The summed E-state index contributed by atoms with van der Waals surface area (Å²) in [6.07, 6.45) is 4.14. The van der Waals surface area contributed by atoms with E-state index in [1.807, 2.05) is 17.9 Å². The Balaban J connectivity index is 1.68. The molecule has 0 spiro atoms. The fourth-order valence-corrected chi connectivity index (χ4v) is 2.47. The first-order chi connectivity index (χ1) is 11.2. The SMILES string of the molecule is CCOc1ncccc1CNC(=O)NCCC(=O)N1CCCC1. The summed E-state index contributed by atoms with van der Waals surface area (Å²) >= 11 is 0. The number of rotatable bonds is 7. The zero-order valence-corrected chi connectivity index (χ0v) is 13.5. The van der Waals surface area contributed by atoms with E-state index < -0.39 is 0 Å². The molecule has 0 bridgehead atoms. The van der Waals surface area contributed by atoms with Crippen molar-refractivity contribution in [3.05, 3.63) is 23.9 Å². The molecule has 1 aliphatic rings. The second kappa shape index (κ2) is 8.97. The Morgan fingerprint density at radius 2 is 2.09 bits per heavy atom. The minimum atomic E-state index is -0.300. The van der Waals surface area contributed by atoms with E-state index in [4.69, 9.17) is 4.74 Å². The number of carbonyl (C=O) groups is 2. The molecule has 2 rings (SSSR count). The highest BCUT2D eigenvalue weighted by Gasteiger charge is 2.17. The third kappa shape index (κ3) is 5.43. The topological polar surface area (TPSA) is 83.6 Å². The van der Waals surface area contributed by atoms with Crippen LogP contribution in [0.15, 0.2) is 18.3 Å². The normalized spacial score (nSPS) is 13.7. The summed E-state index contributed by atoms with van der Waals surface area (Å²) in [6, 6.07) is 3.35. The van der Waals surface area contributed by atoms with Gasteiger partial charge in [-0.15, -0.1) is 0 Å². The fourth-order valence-electron chi connectivity index (χ4n) is 2.47. The maximum Gasteiger partial charge on any atom is 0.315 e. The maximum atomic E-state index is 11.9. The lowest BCUT2D eigenvalue weighted by Gasteiger charge is -2.15. The van der Waals surface area contributed by atoms with Crippen molar-refractivity contribution in [2.75, 3.05) is 26.2 Å². The smallest absolute Gasteiger partial charge is 0.315 e. The van der Waals surface area contributed by atoms with Gasteiger partial charge in [0.1, 0.15) is 0 Å². The molecule has 0 radical (unpaired) electrons. The molecule has 2 heterocycles. The summed E-state index contributed by atoms with van der Waals surface area (Å²) in [6.45, 7) is 4.75. The van der Waals surface area contributed by atoms with Crippen molar-refractivity contribution in [1.82, 2.24) is 20.5 Å². The number of hydrogen-bond donors (Lipinski definition) is 2. The molecule has 2 N–H and O–H groups in total. The first-order valence-corrected chi connectivity index (χ1v) is 8.07. The van der Waals surface area contributed by atoms with Crippen LogP contribution in [0.3, 0.4) is 0 Å². The van der Waals surface area contributed by atoms with Gasteiger partial charge in [-0.25, -0.2) is 9.78 Å². The summed E-state index contributed by atoms with van der Waals surface area (Å²) in [5.74, 6) is 0.633. The van der Waals surface area contributed by atoms with Crippen LogP contribution in [0.1, 0.15) is 31.7 Å². The number of pyridine rings is 1. The van der Waals surface area contributed by atoms with E-state index in [9.17, 15) is 9.59 Å². The number of nitrogens with one attached hydrogen (secondary N) is 2. The van der Waals surface area contributed by atoms with Crippen LogP contribution < -0.4 is 15.4 Å². The highest BCUT2D eigenvalue weighted by atomic mass is 16.5. The maximum absolute atomic E-state index is 11.9. The molecule has 1 aromatic heterocycles. The van der Waals surface area contributed by atoms with E-state index in [2.05, 4.69) is 15.6 Å². The van der Waals surface area contributed by atoms with Gasteiger partial charge in [0.2, 0.25) is 11.8 Å². The fraction of sp³-hybridized carbons (Fsp3) is 0.562. The zero-order chi connectivity index (χ0) is 16.5. The van der Waals surface area contributed by atoms with E-state index in [1.54, 1.807) is 12.3 Å². The van der Waals surface area contributed by atoms with Gasteiger partial charge in [-0.3, -0.25) is 4.79 Å². The molecule has 0 atom stereocenters. The molecular weight excluding hydrogens is 296 g/mol. The molecule has 0 saturated carbocycles. The van der Waals surface area contributed by atoms with Crippen molar-refractivity contribution < 1.29 is 14.3 Å². The third-order valence-corrected chi connectivity index (χ3v) is 3.65. The number of aromatic nitrogens is 1. The Labute approximate surface area is 136 Å². The van der Waals surface area contributed by atoms with Crippen molar-refractivity contribution in [2.45, 2.75) is 32.7 Å². The van der Waals surface area contributed by atoms with Gasteiger partial charge < -0.3 is 20.3 Å². The van der Waals surface area contributed by atoms with Crippen LogP contribution in [0.5, 0.6) is 5.88 Å². The van der Waals surface area contributed by atoms with E-state index in [0.717, 1.165) is 31.5 Å². The van der Waals surface area contributed by atoms with E-state index in [0.29, 0.717) is 32.0 Å². The number of nitrogens with zero attached hydrogens (tertiary/aromatic N) is 2. The lowest BCUT2D eigenvalue weighted by molar-refractivity contribution is -0.129. The van der Waals surface area contributed by atoms with Crippen molar-refractivity contribution in [1.29, 1.82) is 0 Å². The standard InChI is InChI=1S/C16H24N4O3/c1-2-23-15-13(6-5-8-17-15)12-19-16(22)18-9-7-14(21)20-10-3-4-11-20/h5-6,8H,2-4,7,9-12H2,1H3,(H2,18,19,22). The van der Waals surface area contributed by atoms with Gasteiger partial charge in [-0.05, 0) is 25.8 Å². The molecule has 126 valence electrons. The molecule has 7 heteroatoms. The van der Waals surface area contributed by atoms with Crippen LogP contribution in [-0.4, -0.2) is 48.1 Å². The predicted molar refractivity (Wildman–Crippen MR) is 86.1 cm³/mol. The summed E-state index contributed by atoms with van der Waals surface area (Å²) < 4.78 is 5.41. The highest BCUT2D eigenvalue weighted by Crippen LogP contribution is 2.13. The van der Waals surface area contributed by atoms with Crippen LogP contribution in [-0.2, 0) is 11.3 Å². The Kier molecular flexibility index (Phi) is 6.65. The Morgan fingerprint density at radius 1 is 1.30 bits per heavy atom. The number of likely N-dealkylation sites (tertiary alicyclic amines) is 1. The second-order valence-electron chi connectivity index (χ2n) is 5.35. The lowest BCUT2D eigenvalue weighted by Crippen LogP contribution is -2.38. The van der Waals surface area contributed by atoms with Crippen molar-refractivity contribution in [3.8, 4) is 5.88 Å². The molecule has 0 aliphatic carbocycles. The molecule has 1 aromatic rings. The van der Waals surface area contributed by atoms with Gasteiger partial charge in [-0.2, -0.15) is 0 Å². The van der Waals surface area contributed by atoms with E-state index >= 15 is 0 Å². The van der Waals surface area contributed by atoms with Crippen LogP contribution in [0.2, 0.25) is 0 Å². The molecule has 3 amide bonds. The minimum absolute atomic E-state index is 0.105. The molecular formula is C16H24N4O3. The van der Waals surface area contributed by atoms with Crippen LogP contribution >= 0.6 is 0 Å². The summed E-state index contributed by atoms with van der Waals surface area (Å²) in [5.41, 5.74) is 0.817. The van der Waals surface area contributed by atoms with Gasteiger partial charge in [0.25, 0.3) is 0 Å². The first kappa shape index (κ1) is 17.1. The second-order valence-corrected chi connectivity index (χ2v) is 5.35. The number of hydrogen-bond acceptors (Lipinski definition) is 4. The average Bonchev–Trinajstić information content (AvgIpc) is 3.09. The van der Waals surface area contributed by atoms with Crippen molar-refractivity contribution in [2.24, 2.45) is 0 Å². The molecule has 1 fully saturated rings. The largest absolute Gasteiger partial charge is 0.478 e. The lowest BCUT2D eigenvalue weighted by atomic mass is 10.2. The number of amides is 3. The molecule has 0 unspecified atom stereocenters. The predicted octanol–water partition coefficient (Wildman–Crippen LogP) is 1.29. The minimum Gasteiger partial charge on any atom is -0.478 e.